The number of hydrogen-bond acceptors (Lipinski definition) is 6. The van der Waals surface area contributed by atoms with Crippen LogP contribution in [0.25, 0.3) is 0 Å². The smallest absolute Gasteiger partial charge is 0.253 e. The van der Waals surface area contributed by atoms with E-state index in [1.165, 1.54) is 0 Å². The van der Waals surface area contributed by atoms with Crippen molar-refractivity contribution in [2.75, 3.05) is 50.1 Å². The van der Waals surface area contributed by atoms with Crippen LogP contribution in [-0.2, 0) is 0 Å². The predicted octanol–water partition coefficient (Wildman–Crippen LogP) is 3.61. The molecule has 31 heavy (non-hydrogen) atoms. The Morgan fingerprint density at radius 1 is 0.903 bits per heavy atom. The molecule has 2 heterocycles. The van der Waals surface area contributed by atoms with E-state index in [0.29, 0.717) is 24.4 Å². The molecule has 7 heteroatoms. The summed E-state index contributed by atoms with van der Waals surface area (Å²) in [4.78, 5) is 28.1. The van der Waals surface area contributed by atoms with Crippen LogP contribution < -0.4 is 14.5 Å². The van der Waals surface area contributed by atoms with Crippen LogP contribution >= 0.6 is 0 Å². The Balaban J connectivity index is 1.37. The topological polar surface area (TPSA) is 61.8 Å². The Morgan fingerprint density at radius 3 is 2.19 bits per heavy atom. The molecule has 1 fully saturated rings. The number of piperazine rings is 1. The molecule has 1 aliphatic rings. The standard InChI is InChI=1S/C24H27N5O2/c1-18-25-22(27(2)3)17-23(26-18)28-13-15-29(16-14-28)24(30)19-9-11-21(12-10-19)31-20-7-5-4-6-8-20/h4-12,17H,13-16H2,1-3H3. The van der Waals surface area contributed by atoms with E-state index in [2.05, 4.69) is 14.9 Å². The first-order valence-electron chi connectivity index (χ1n) is 10.4. The van der Waals surface area contributed by atoms with Gasteiger partial charge in [0.25, 0.3) is 5.91 Å². The van der Waals surface area contributed by atoms with Crippen LogP contribution in [0.3, 0.4) is 0 Å². The first-order chi connectivity index (χ1) is 15.0. The van der Waals surface area contributed by atoms with Crippen LogP contribution in [0.4, 0.5) is 11.6 Å². The minimum absolute atomic E-state index is 0.0405. The predicted molar refractivity (Wildman–Crippen MR) is 122 cm³/mol. The quantitative estimate of drug-likeness (QED) is 0.632. The maximum absolute atomic E-state index is 12.9. The minimum Gasteiger partial charge on any atom is -0.457 e. The number of anilines is 2. The van der Waals surface area contributed by atoms with Crippen LogP contribution in [0, 0.1) is 6.92 Å². The van der Waals surface area contributed by atoms with E-state index >= 15 is 0 Å². The Labute approximate surface area is 182 Å². The number of aromatic nitrogens is 2. The fourth-order valence-electron chi connectivity index (χ4n) is 3.54. The molecular weight excluding hydrogens is 390 g/mol. The molecule has 1 aromatic heterocycles. The van der Waals surface area contributed by atoms with Gasteiger partial charge in [-0.25, -0.2) is 9.97 Å². The number of rotatable bonds is 5. The van der Waals surface area contributed by atoms with Gasteiger partial charge in [-0.05, 0) is 43.3 Å². The summed E-state index contributed by atoms with van der Waals surface area (Å²) in [5, 5.41) is 0. The summed E-state index contributed by atoms with van der Waals surface area (Å²) in [5.41, 5.74) is 0.668. The Hall–Kier alpha value is -3.61. The molecule has 0 unspecified atom stereocenters. The molecule has 1 aliphatic heterocycles. The van der Waals surface area contributed by atoms with Crippen molar-refractivity contribution in [3.8, 4) is 11.5 Å². The van der Waals surface area contributed by atoms with Crippen molar-refractivity contribution >= 4 is 17.5 Å². The number of nitrogens with zero attached hydrogens (tertiary/aromatic N) is 5. The molecule has 0 spiro atoms. The van der Waals surface area contributed by atoms with Gasteiger partial charge in [0.2, 0.25) is 0 Å². The van der Waals surface area contributed by atoms with E-state index in [9.17, 15) is 4.79 Å². The van der Waals surface area contributed by atoms with Crippen molar-refractivity contribution in [1.29, 1.82) is 0 Å². The second-order valence-corrected chi connectivity index (χ2v) is 7.74. The summed E-state index contributed by atoms with van der Waals surface area (Å²) in [7, 11) is 3.94. The number of benzene rings is 2. The van der Waals surface area contributed by atoms with Crippen molar-refractivity contribution in [3.63, 3.8) is 0 Å². The number of aryl methyl sites for hydroxylation is 1. The SMILES string of the molecule is Cc1nc(N(C)C)cc(N2CCN(C(=O)c3ccc(Oc4ccccc4)cc3)CC2)n1. The number of hydrogen-bond donors (Lipinski definition) is 0. The maximum Gasteiger partial charge on any atom is 0.253 e. The number of amides is 1. The average molecular weight is 418 g/mol. The van der Waals surface area contributed by atoms with E-state index in [0.717, 1.165) is 36.3 Å². The van der Waals surface area contributed by atoms with Gasteiger partial charge in [-0.15, -0.1) is 0 Å². The molecule has 0 aliphatic carbocycles. The molecule has 1 amide bonds. The van der Waals surface area contributed by atoms with Gasteiger partial charge in [-0.2, -0.15) is 0 Å². The van der Waals surface area contributed by atoms with Crippen molar-refractivity contribution in [1.82, 2.24) is 14.9 Å². The number of carbonyl (C=O) groups excluding carboxylic acids is 1. The zero-order chi connectivity index (χ0) is 21.8. The van der Waals surface area contributed by atoms with E-state index in [1.807, 2.05) is 91.5 Å². The third kappa shape index (κ3) is 4.94. The molecule has 0 atom stereocenters. The number of para-hydroxylation sites is 1. The van der Waals surface area contributed by atoms with Crippen molar-refractivity contribution in [2.24, 2.45) is 0 Å². The molecule has 1 saturated heterocycles. The Kier molecular flexibility index (Phi) is 6.02. The lowest BCUT2D eigenvalue weighted by atomic mass is 10.1. The van der Waals surface area contributed by atoms with E-state index in [4.69, 9.17) is 4.74 Å². The number of ether oxygens (including phenoxy) is 1. The van der Waals surface area contributed by atoms with Gasteiger partial charge >= 0.3 is 0 Å². The van der Waals surface area contributed by atoms with Gasteiger partial charge in [0.15, 0.2) is 0 Å². The Bertz CT molecular complexity index is 1030. The fraction of sp³-hybridized carbons (Fsp3) is 0.292. The summed E-state index contributed by atoms with van der Waals surface area (Å²) < 4.78 is 5.81. The molecule has 2 aromatic carbocycles. The van der Waals surface area contributed by atoms with Crippen molar-refractivity contribution in [2.45, 2.75) is 6.92 Å². The third-order valence-electron chi connectivity index (χ3n) is 5.24. The van der Waals surface area contributed by atoms with Crippen LogP contribution in [-0.4, -0.2) is 61.0 Å². The van der Waals surface area contributed by atoms with Crippen molar-refractivity contribution in [3.05, 3.63) is 72.1 Å². The molecule has 3 aromatic rings. The number of carbonyl (C=O) groups is 1. The fourth-order valence-corrected chi connectivity index (χ4v) is 3.54. The molecular formula is C24H27N5O2. The zero-order valence-corrected chi connectivity index (χ0v) is 18.2. The highest BCUT2D eigenvalue weighted by Crippen LogP contribution is 2.23. The second kappa shape index (κ2) is 9.04. The van der Waals surface area contributed by atoms with Crippen LogP contribution in [0.2, 0.25) is 0 Å². The lowest BCUT2D eigenvalue weighted by molar-refractivity contribution is 0.0746. The van der Waals surface area contributed by atoms with Gasteiger partial charge in [0, 0.05) is 51.9 Å². The summed E-state index contributed by atoms with van der Waals surface area (Å²) in [6.45, 7) is 4.69. The summed E-state index contributed by atoms with van der Waals surface area (Å²) >= 11 is 0. The summed E-state index contributed by atoms with van der Waals surface area (Å²) in [6, 6.07) is 18.9. The molecule has 0 bridgehead atoms. The summed E-state index contributed by atoms with van der Waals surface area (Å²) in [6.07, 6.45) is 0. The lowest BCUT2D eigenvalue weighted by Gasteiger charge is -2.35. The summed E-state index contributed by atoms with van der Waals surface area (Å²) in [5.74, 6) is 4.07. The zero-order valence-electron chi connectivity index (χ0n) is 18.2. The van der Waals surface area contributed by atoms with Crippen LogP contribution in [0.15, 0.2) is 60.7 Å². The van der Waals surface area contributed by atoms with Gasteiger partial charge in [0.05, 0.1) is 0 Å². The van der Waals surface area contributed by atoms with E-state index in [-0.39, 0.29) is 5.91 Å². The van der Waals surface area contributed by atoms with Gasteiger partial charge in [0.1, 0.15) is 29.0 Å². The van der Waals surface area contributed by atoms with E-state index in [1.54, 1.807) is 0 Å². The molecule has 4 rings (SSSR count). The van der Waals surface area contributed by atoms with Gasteiger partial charge < -0.3 is 19.4 Å². The highest BCUT2D eigenvalue weighted by molar-refractivity contribution is 5.94. The molecule has 0 N–H and O–H groups in total. The van der Waals surface area contributed by atoms with Crippen LogP contribution in [0.1, 0.15) is 16.2 Å². The molecule has 0 saturated carbocycles. The molecule has 7 nitrogen and oxygen atoms in total. The lowest BCUT2D eigenvalue weighted by Crippen LogP contribution is -2.49. The minimum atomic E-state index is 0.0405. The normalized spacial score (nSPS) is 13.8. The van der Waals surface area contributed by atoms with Gasteiger partial charge in [-0.3, -0.25) is 4.79 Å². The Morgan fingerprint density at radius 2 is 1.55 bits per heavy atom. The molecule has 0 radical (unpaired) electrons. The highest BCUT2D eigenvalue weighted by atomic mass is 16.5. The monoisotopic (exact) mass is 417 g/mol. The molecule has 160 valence electrons. The van der Waals surface area contributed by atoms with E-state index < -0.39 is 0 Å². The second-order valence-electron chi connectivity index (χ2n) is 7.74. The maximum atomic E-state index is 12.9. The highest BCUT2D eigenvalue weighted by Gasteiger charge is 2.23. The average Bonchev–Trinajstić information content (AvgIpc) is 2.79. The first kappa shape index (κ1) is 20.7. The first-order valence-corrected chi connectivity index (χ1v) is 10.4. The third-order valence-corrected chi connectivity index (χ3v) is 5.24. The largest absolute Gasteiger partial charge is 0.457 e. The van der Waals surface area contributed by atoms with Crippen LogP contribution in [0.5, 0.6) is 11.5 Å². The van der Waals surface area contributed by atoms with Crippen molar-refractivity contribution < 1.29 is 9.53 Å². The van der Waals surface area contributed by atoms with Gasteiger partial charge in [-0.1, -0.05) is 18.2 Å².